The molecule has 0 spiro atoms. The predicted molar refractivity (Wildman–Crippen MR) is 82.0 cm³/mol. The molecule has 0 aliphatic rings. The summed E-state index contributed by atoms with van der Waals surface area (Å²) in [6, 6.07) is 11.5. The molecule has 0 saturated heterocycles. The van der Waals surface area contributed by atoms with Gasteiger partial charge in [-0.2, -0.15) is 5.10 Å². The van der Waals surface area contributed by atoms with Gasteiger partial charge in [0.2, 0.25) is 0 Å². The Kier molecular flexibility index (Phi) is 3.92. The molecule has 116 valence electrons. The van der Waals surface area contributed by atoms with E-state index in [0.29, 0.717) is 22.7 Å². The summed E-state index contributed by atoms with van der Waals surface area (Å²) in [6.45, 7) is 0. The van der Waals surface area contributed by atoms with Crippen molar-refractivity contribution < 1.29 is 18.7 Å². The van der Waals surface area contributed by atoms with Crippen LogP contribution in [0.4, 0.5) is 5.69 Å². The molecule has 0 saturated carbocycles. The summed E-state index contributed by atoms with van der Waals surface area (Å²) in [5.41, 5.74) is 1.63. The first-order valence-corrected chi connectivity index (χ1v) is 6.76. The zero-order chi connectivity index (χ0) is 16.2. The van der Waals surface area contributed by atoms with Crippen LogP contribution < -0.4 is 5.32 Å². The number of carbonyl (C=O) groups is 2. The summed E-state index contributed by atoms with van der Waals surface area (Å²) >= 11 is 0. The summed E-state index contributed by atoms with van der Waals surface area (Å²) in [5.74, 6) is -0.286. The Morgan fingerprint density at radius 2 is 2.09 bits per heavy atom. The van der Waals surface area contributed by atoms with Crippen LogP contribution in [0.2, 0.25) is 0 Å². The summed E-state index contributed by atoms with van der Waals surface area (Å²) in [6.07, 6.45) is 1.54. The number of esters is 1. The molecular weight excluding hydrogens is 298 g/mol. The highest BCUT2D eigenvalue weighted by Crippen LogP contribution is 2.19. The van der Waals surface area contributed by atoms with Crippen LogP contribution in [0.3, 0.4) is 0 Å². The number of anilines is 1. The zero-order valence-corrected chi connectivity index (χ0v) is 12.2. The molecule has 2 aromatic heterocycles. The highest BCUT2D eigenvalue weighted by molar-refractivity contribution is 6.04. The van der Waals surface area contributed by atoms with Gasteiger partial charge in [0.05, 0.1) is 18.9 Å². The summed E-state index contributed by atoms with van der Waals surface area (Å²) in [7, 11) is 1.30. The largest absolute Gasteiger partial charge is 0.465 e. The summed E-state index contributed by atoms with van der Waals surface area (Å²) in [5, 5.41) is 9.36. The number of furan rings is 1. The maximum atomic E-state index is 12.2. The topological polar surface area (TPSA) is 97.2 Å². The van der Waals surface area contributed by atoms with Gasteiger partial charge in [-0.15, -0.1) is 0 Å². The van der Waals surface area contributed by atoms with Gasteiger partial charge in [-0.3, -0.25) is 9.89 Å². The third-order valence-corrected chi connectivity index (χ3v) is 3.14. The molecule has 1 aromatic carbocycles. The number of nitrogens with one attached hydrogen (secondary N) is 2. The van der Waals surface area contributed by atoms with Crippen LogP contribution in [0.15, 0.2) is 53.1 Å². The van der Waals surface area contributed by atoms with Crippen molar-refractivity contribution in [3.05, 3.63) is 60.0 Å². The summed E-state index contributed by atoms with van der Waals surface area (Å²) in [4.78, 5) is 23.7. The minimum Gasteiger partial charge on any atom is -0.465 e. The number of methoxy groups -OCH3 is 1. The number of ether oxygens (including phenoxy) is 1. The smallest absolute Gasteiger partial charge is 0.337 e. The molecule has 3 aromatic rings. The van der Waals surface area contributed by atoms with Gasteiger partial charge >= 0.3 is 5.97 Å². The molecule has 0 aliphatic heterocycles. The molecule has 0 unspecified atom stereocenters. The van der Waals surface area contributed by atoms with E-state index < -0.39 is 11.9 Å². The van der Waals surface area contributed by atoms with E-state index in [2.05, 4.69) is 20.3 Å². The SMILES string of the molecule is COC(=O)c1cccc(NC(=O)c2cc(-c3ccco3)[nH]n2)c1. The van der Waals surface area contributed by atoms with Crippen molar-refractivity contribution in [1.82, 2.24) is 10.2 Å². The monoisotopic (exact) mass is 311 g/mol. The van der Waals surface area contributed by atoms with Gasteiger partial charge in [0.1, 0.15) is 5.69 Å². The Bertz CT molecular complexity index is 837. The molecule has 7 heteroatoms. The molecule has 7 nitrogen and oxygen atoms in total. The summed E-state index contributed by atoms with van der Waals surface area (Å²) < 4.78 is 9.88. The van der Waals surface area contributed by atoms with Gasteiger partial charge in [0, 0.05) is 11.8 Å². The van der Waals surface area contributed by atoms with Crippen molar-refractivity contribution in [2.75, 3.05) is 12.4 Å². The minimum absolute atomic E-state index is 0.208. The van der Waals surface area contributed by atoms with Crippen LogP contribution >= 0.6 is 0 Å². The maximum absolute atomic E-state index is 12.2. The Morgan fingerprint density at radius 1 is 1.22 bits per heavy atom. The lowest BCUT2D eigenvalue weighted by Gasteiger charge is -2.05. The van der Waals surface area contributed by atoms with Crippen LogP contribution in [-0.4, -0.2) is 29.2 Å². The van der Waals surface area contributed by atoms with Crippen LogP contribution in [0, 0.1) is 0 Å². The molecule has 0 aliphatic carbocycles. The molecule has 3 rings (SSSR count). The van der Waals surface area contributed by atoms with Crippen LogP contribution in [0.5, 0.6) is 0 Å². The van der Waals surface area contributed by atoms with E-state index in [1.54, 1.807) is 36.4 Å². The van der Waals surface area contributed by atoms with Crippen molar-refractivity contribution in [2.24, 2.45) is 0 Å². The maximum Gasteiger partial charge on any atom is 0.337 e. The quantitative estimate of drug-likeness (QED) is 0.722. The third-order valence-electron chi connectivity index (χ3n) is 3.14. The van der Waals surface area contributed by atoms with E-state index in [4.69, 9.17) is 4.42 Å². The lowest BCUT2D eigenvalue weighted by atomic mass is 10.2. The van der Waals surface area contributed by atoms with Crippen molar-refractivity contribution in [3.8, 4) is 11.5 Å². The van der Waals surface area contributed by atoms with Gasteiger partial charge in [0.15, 0.2) is 11.5 Å². The van der Waals surface area contributed by atoms with E-state index in [0.717, 1.165) is 0 Å². The Morgan fingerprint density at radius 3 is 2.83 bits per heavy atom. The first-order valence-electron chi connectivity index (χ1n) is 6.76. The second-order valence-electron chi connectivity index (χ2n) is 4.67. The number of nitrogens with zero attached hydrogens (tertiary/aromatic N) is 1. The van der Waals surface area contributed by atoms with Gasteiger partial charge in [-0.1, -0.05) is 6.07 Å². The molecule has 1 amide bonds. The third kappa shape index (κ3) is 3.13. The van der Waals surface area contributed by atoms with Crippen LogP contribution in [0.25, 0.3) is 11.5 Å². The molecule has 0 bridgehead atoms. The average Bonchev–Trinajstić information content (AvgIpc) is 3.25. The number of carbonyl (C=O) groups excluding carboxylic acids is 2. The number of aromatic nitrogens is 2. The Hall–Kier alpha value is -3.35. The van der Waals surface area contributed by atoms with Crippen molar-refractivity contribution in [1.29, 1.82) is 0 Å². The molecule has 0 atom stereocenters. The van der Waals surface area contributed by atoms with E-state index in [-0.39, 0.29) is 5.69 Å². The number of amides is 1. The van der Waals surface area contributed by atoms with Gasteiger partial charge in [0.25, 0.3) is 5.91 Å². The fourth-order valence-corrected chi connectivity index (χ4v) is 2.03. The van der Waals surface area contributed by atoms with Crippen LogP contribution in [0.1, 0.15) is 20.8 Å². The molecular formula is C16H13N3O4. The number of hydrogen-bond donors (Lipinski definition) is 2. The van der Waals surface area contributed by atoms with E-state index >= 15 is 0 Å². The second-order valence-corrected chi connectivity index (χ2v) is 4.67. The van der Waals surface area contributed by atoms with Gasteiger partial charge in [-0.05, 0) is 30.3 Å². The van der Waals surface area contributed by atoms with E-state index in [9.17, 15) is 9.59 Å². The second kappa shape index (κ2) is 6.18. The highest BCUT2D eigenvalue weighted by Gasteiger charge is 2.14. The van der Waals surface area contributed by atoms with Gasteiger partial charge < -0.3 is 14.5 Å². The van der Waals surface area contributed by atoms with Crippen LogP contribution in [-0.2, 0) is 4.74 Å². The van der Waals surface area contributed by atoms with E-state index in [1.807, 2.05) is 0 Å². The molecule has 23 heavy (non-hydrogen) atoms. The fourth-order valence-electron chi connectivity index (χ4n) is 2.03. The number of hydrogen-bond acceptors (Lipinski definition) is 5. The molecule has 0 fully saturated rings. The zero-order valence-electron chi connectivity index (χ0n) is 12.2. The molecule has 2 N–H and O–H groups in total. The fraction of sp³-hybridized carbons (Fsp3) is 0.0625. The lowest BCUT2D eigenvalue weighted by Crippen LogP contribution is -2.13. The molecule has 0 radical (unpaired) electrons. The first kappa shape index (κ1) is 14.6. The molecule has 2 heterocycles. The number of aromatic amines is 1. The van der Waals surface area contributed by atoms with Crippen molar-refractivity contribution >= 4 is 17.6 Å². The number of rotatable bonds is 4. The average molecular weight is 311 g/mol. The van der Waals surface area contributed by atoms with Crippen molar-refractivity contribution in [2.45, 2.75) is 0 Å². The minimum atomic E-state index is -0.471. The van der Waals surface area contributed by atoms with E-state index in [1.165, 1.54) is 19.4 Å². The normalized spacial score (nSPS) is 10.3. The van der Waals surface area contributed by atoms with Gasteiger partial charge in [-0.25, -0.2) is 4.79 Å². The Balaban J connectivity index is 1.76. The standard InChI is InChI=1S/C16H13N3O4/c1-22-16(21)10-4-2-5-11(8-10)17-15(20)13-9-12(18-19-13)14-6-3-7-23-14/h2-9H,1H3,(H,17,20)(H,18,19). The Labute approximate surface area is 131 Å². The predicted octanol–water partition coefficient (Wildman–Crippen LogP) is 2.71. The lowest BCUT2D eigenvalue weighted by molar-refractivity contribution is 0.0600. The number of benzene rings is 1. The highest BCUT2D eigenvalue weighted by atomic mass is 16.5. The number of H-pyrrole nitrogens is 1. The van der Waals surface area contributed by atoms with Crippen molar-refractivity contribution in [3.63, 3.8) is 0 Å². The first-order chi connectivity index (χ1) is 11.2.